The first-order chi connectivity index (χ1) is 11.1. The minimum Gasteiger partial charge on any atom is -0.378 e. The second-order valence-corrected chi connectivity index (χ2v) is 7.28. The number of nitrogens with zero attached hydrogens (tertiary/aromatic N) is 4. The normalized spacial score (nSPS) is 24.1. The predicted octanol–water partition coefficient (Wildman–Crippen LogP) is 0.989. The largest absolute Gasteiger partial charge is 0.378 e. The first kappa shape index (κ1) is 16.8. The van der Waals surface area contributed by atoms with E-state index in [1.54, 1.807) is 11.3 Å². The zero-order valence-corrected chi connectivity index (χ0v) is 14.8. The standard InChI is InChI=1S/C16H26N4O2S/c1-13-12-23-16(17-13)14-11-22-10-9-19(14)4-3-15(21)20-7-5-18(2)6-8-20/h12,14H,3-11H2,1-2H3/t14-/m0/s1. The molecule has 7 heteroatoms. The summed E-state index contributed by atoms with van der Waals surface area (Å²) in [6.07, 6.45) is 0.588. The van der Waals surface area contributed by atoms with Crippen LogP contribution in [-0.4, -0.2) is 85.1 Å². The van der Waals surface area contributed by atoms with Gasteiger partial charge in [0.1, 0.15) is 5.01 Å². The molecule has 0 unspecified atom stereocenters. The molecule has 1 aromatic rings. The van der Waals surface area contributed by atoms with Crippen LogP contribution in [-0.2, 0) is 9.53 Å². The highest BCUT2D eigenvalue weighted by molar-refractivity contribution is 7.09. The molecule has 2 aliphatic heterocycles. The number of ether oxygens (including phenoxy) is 1. The van der Waals surface area contributed by atoms with Crippen LogP contribution in [0.4, 0.5) is 0 Å². The molecule has 0 aromatic carbocycles. The maximum absolute atomic E-state index is 12.4. The molecule has 23 heavy (non-hydrogen) atoms. The van der Waals surface area contributed by atoms with Gasteiger partial charge in [0, 0.05) is 56.8 Å². The van der Waals surface area contributed by atoms with Gasteiger partial charge in [0.2, 0.25) is 5.91 Å². The number of likely N-dealkylation sites (N-methyl/N-ethyl adjacent to an activating group) is 1. The number of amides is 1. The number of carbonyl (C=O) groups is 1. The van der Waals surface area contributed by atoms with Crippen molar-refractivity contribution in [3.05, 3.63) is 16.1 Å². The minimum atomic E-state index is 0.197. The average Bonchev–Trinajstić information content (AvgIpc) is 3.00. The van der Waals surface area contributed by atoms with Crippen LogP contribution in [0, 0.1) is 6.92 Å². The Morgan fingerprint density at radius 2 is 2.13 bits per heavy atom. The van der Waals surface area contributed by atoms with Crippen molar-refractivity contribution in [1.29, 1.82) is 0 Å². The van der Waals surface area contributed by atoms with E-state index in [9.17, 15) is 4.79 Å². The molecule has 2 aliphatic rings. The lowest BCUT2D eigenvalue weighted by atomic mass is 10.2. The fourth-order valence-electron chi connectivity index (χ4n) is 3.11. The third-order valence-corrected chi connectivity index (χ3v) is 5.69. The van der Waals surface area contributed by atoms with Crippen molar-refractivity contribution < 1.29 is 9.53 Å². The first-order valence-corrected chi connectivity index (χ1v) is 9.21. The van der Waals surface area contributed by atoms with Gasteiger partial charge in [-0.25, -0.2) is 4.98 Å². The molecule has 1 amide bonds. The van der Waals surface area contributed by atoms with Gasteiger partial charge < -0.3 is 14.5 Å². The van der Waals surface area contributed by atoms with Crippen LogP contribution < -0.4 is 0 Å². The molecule has 6 nitrogen and oxygen atoms in total. The molecule has 0 spiro atoms. The van der Waals surface area contributed by atoms with Crippen LogP contribution >= 0.6 is 11.3 Å². The summed E-state index contributed by atoms with van der Waals surface area (Å²) in [4.78, 5) is 23.7. The number of piperazine rings is 1. The highest BCUT2D eigenvalue weighted by Gasteiger charge is 2.28. The van der Waals surface area contributed by atoms with Gasteiger partial charge in [-0.05, 0) is 14.0 Å². The van der Waals surface area contributed by atoms with E-state index in [4.69, 9.17) is 4.74 Å². The summed E-state index contributed by atoms with van der Waals surface area (Å²) in [5, 5.41) is 3.19. The fourth-order valence-corrected chi connectivity index (χ4v) is 4.03. The lowest BCUT2D eigenvalue weighted by Crippen LogP contribution is -2.48. The van der Waals surface area contributed by atoms with Gasteiger partial charge in [-0.1, -0.05) is 0 Å². The summed E-state index contributed by atoms with van der Waals surface area (Å²) in [5.41, 5.74) is 1.06. The highest BCUT2D eigenvalue weighted by Crippen LogP contribution is 2.27. The SMILES string of the molecule is Cc1csc([C@@H]2COCCN2CCC(=O)N2CCN(C)CC2)n1. The number of morpholine rings is 1. The van der Waals surface area contributed by atoms with Gasteiger partial charge in [0.05, 0.1) is 19.3 Å². The Morgan fingerprint density at radius 3 is 2.83 bits per heavy atom. The first-order valence-electron chi connectivity index (χ1n) is 8.33. The number of hydrogen-bond donors (Lipinski definition) is 0. The summed E-state index contributed by atoms with van der Waals surface area (Å²) < 4.78 is 5.64. The Hall–Kier alpha value is -1.02. The molecular weight excluding hydrogens is 312 g/mol. The zero-order chi connectivity index (χ0) is 16.2. The van der Waals surface area contributed by atoms with E-state index in [2.05, 4.69) is 27.2 Å². The van der Waals surface area contributed by atoms with Crippen molar-refractivity contribution in [3.63, 3.8) is 0 Å². The number of aromatic nitrogens is 1. The lowest BCUT2D eigenvalue weighted by molar-refractivity contribution is -0.133. The van der Waals surface area contributed by atoms with Crippen LogP contribution in [0.2, 0.25) is 0 Å². The van der Waals surface area contributed by atoms with E-state index >= 15 is 0 Å². The molecule has 0 bridgehead atoms. The van der Waals surface area contributed by atoms with E-state index < -0.39 is 0 Å². The smallest absolute Gasteiger partial charge is 0.223 e. The summed E-state index contributed by atoms with van der Waals surface area (Å²) in [5.74, 6) is 0.277. The third kappa shape index (κ3) is 4.29. The molecule has 2 saturated heterocycles. The van der Waals surface area contributed by atoms with Crippen molar-refractivity contribution in [3.8, 4) is 0 Å². The van der Waals surface area contributed by atoms with Crippen LogP contribution in [0.5, 0.6) is 0 Å². The molecule has 3 heterocycles. The van der Waals surface area contributed by atoms with Gasteiger partial charge in [-0.15, -0.1) is 11.3 Å². The summed E-state index contributed by atoms with van der Waals surface area (Å²) in [6, 6.07) is 0.197. The molecule has 1 aromatic heterocycles. The Morgan fingerprint density at radius 1 is 1.35 bits per heavy atom. The second-order valence-electron chi connectivity index (χ2n) is 6.39. The van der Waals surface area contributed by atoms with E-state index in [1.807, 2.05) is 11.8 Å². The van der Waals surface area contributed by atoms with Crippen LogP contribution in [0.1, 0.15) is 23.2 Å². The molecule has 0 saturated carbocycles. The Labute approximate surface area is 142 Å². The maximum Gasteiger partial charge on any atom is 0.223 e. The van der Waals surface area contributed by atoms with E-state index in [-0.39, 0.29) is 11.9 Å². The number of aryl methyl sites for hydroxylation is 1. The van der Waals surface area contributed by atoms with E-state index in [0.717, 1.165) is 56.6 Å². The van der Waals surface area contributed by atoms with Gasteiger partial charge >= 0.3 is 0 Å². The van der Waals surface area contributed by atoms with E-state index in [1.165, 1.54) is 0 Å². The molecular formula is C16H26N4O2S. The molecule has 0 N–H and O–H groups in total. The quantitative estimate of drug-likeness (QED) is 0.819. The Balaban J connectivity index is 1.54. The van der Waals surface area contributed by atoms with Crippen molar-refractivity contribution in [1.82, 2.24) is 19.7 Å². The van der Waals surface area contributed by atoms with E-state index in [0.29, 0.717) is 13.0 Å². The highest BCUT2D eigenvalue weighted by atomic mass is 32.1. The number of hydrogen-bond acceptors (Lipinski definition) is 6. The number of thiazole rings is 1. The minimum absolute atomic E-state index is 0.197. The Bertz CT molecular complexity index is 528. The zero-order valence-electron chi connectivity index (χ0n) is 14.0. The van der Waals surface area contributed by atoms with Crippen LogP contribution in [0.15, 0.2) is 5.38 Å². The molecule has 0 aliphatic carbocycles. The molecule has 128 valence electrons. The van der Waals surface area contributed by atoms with Crippen LogP contribution in [0.3, 0.4) is 0 Å². The average molecular weight is 338 g/mol. The van der Waals surface area contributed by atoms with Crippen LogP contribution in [0.25, 0.3) is 0 Å². The van der Waals surface area contributed by atoms with Crippen molar-refractivity contribution in [2.75, 3.05) is 59.5 Å². The third-order valence-electron chi connectivity index (χ3n) is 4.63. The van der Waals surface area contributed by atoms with Gasteiger partial charge in [0.25, 0.3) is 0 Å². The summed E-state index contributed by atoms with van der Waals surface area (Å²) in [6.45, 7) is 8.76. The molecule has 0 radical (unpaired) electrons. The van der Waals surface area contributed by atoms with Gasteiger partial charge in [-0.2, -0.15) is 0 Å². The molecule has 1 atom stereocenters. The fraction of sp³-hybridized carbons (Fsp3) is 0.750. The van der Waals surface area contributed by atoms with Gasteiger partial charge in [-0.3, -0.25) is 9.69 Å². The topological polar surface area (TPSA) is 48.9 Å². The number of rotatable bonds is 4. The number of carbonyl (C=O) groups excluding carboxylic acids is 1. The lowest BCUT2D eigenvalue weighted by Gasteiger charge is -2.36. The molecule has 2 fully saturated rings. The Kier molecular flexibility index (Phi) is 5.63. The maximum atomic E-state index is 12.4. The van der Waals surface area contributed by atoms with Crippen molar-refractivity contribution in [2.45, 2.75) is 19.4 Å². The molecule has 3 rings (SSSR count). The monoisotopic (exact) mass is 338 g/mol. The van der Waals surface area contributed by atoms with Gasteiger partial charge in [0.15, 0.2) is 0 Å². The van der Waals surface area contributed by atoms with Crippen molar-refractivity contribution >= 4 is 17.2 Å². The summed E-state index contributed by atoms with van der Waals surface area (Å²) >= 11 is 1.69. The summed E-state index contributed by atoms with van der Waals surface area (Å²) in [7, 11) is 2.11. The second kappa shape index (κ2) is 7.70. The van der Waals surface area contributed by atoms with Crippen molar-refractivity contribution in [2.24, 2.45) is 0 Å². The predicted molar refractivity (Wildman–Crippen MR) is 90.7 cm³/mol.